The number of amides is 1. The average molecular weight is 310 g/mol. The van der Waals surface area contributed by atoms with Crippen LogP contribution in [-0.4, -0.2) is 52.2 Å². The summed E-state index contributed by atoms with van der Waals surface area (Å²) in [4.78, 5) is 17.3. The van der Waals surface area contributed by atoms with E-state index in [9.17, 15) is 9.18 Å². The molecule has 1 aromatic heterocycles. The summed E-state index contributed by atoms with van der Waals surface area (Å²) in [5.74, 6) is 0.904. The van der Waals surface area contributed by atoms with Crippen LogP contribution in [0.25, 0.3) is 0 Å². The molecular weight excluding hydrogens is 291 g/mol. The fourth-order valence-electron chi connectivity index (χ4n) is 2.89. The van der Waals surface area contributed by atoms with E-state index in [0.29, 0.717) is 6.61 Å². The number of hydrogen-bond acceptors (Lipinski definition) is 4. The number of halogens is 1. The van der Waals surface area contributed by atoms with E-state index in [4.69, 9.17) is 4.74 Å². The van der Waals surface area contributed by atoms with E-state index in [2.05, 4.69) is 4.98 Å². The van der Waals surface area contributed by atoms with Crippen LogP contribution in [0.4, 0.5) is 4.39 Å². The van der Waals surface area contributed by atoms with Crippen LogP contribution in [0.2, 0.25) is 0 Å². The van der Waals surface area contributed by atoms with Crippen molar-refractivity contribution in [1.29, 1.82) is 0 Å². The summed E-state index contributed by atoms with van der Waals surface area (Å²) in [5.41, 5.74) is 1.13. The fraction of sp³-hybridized carbons (Fsp3) is 0.600. The maximum absolute atomic E-state index is 12.2. The Morgan fingerprint density at radius 1 is 1.48 bits per heavy atom. The minimum absolute atomic E-state index is 0.0166. The van der Waals surface area contributed by atoms with Crippen LogP contribution >= 0.6 is 11.8 Å². The maximum Gasteiger partial charge on any atom is 0.225 e. The molecule has 0 aromatic carbocycles. The van der Waals surface area contributed by atoms with E-state index in [-0.39, 0.29) is 23.2 Å². The number of alkyl halides is 1. The molecule has 3 heterocycles. The van der Waals surface area contributed by atoms with E-state index < -0.39 is 6.67 Å². The van der Waals surface area contributed by atoms with Gasteiger partial charge in [-0.05, 0) is 24.1 Å². The lowest BCUT2D eigenvalue weighted by molar-refractivity contribution is -0.137. The van der Waals surface area contributed by atoms with Crippen LogP contribution in [0.1, 0.15) is 18.4 Å². The van der Waals surface area contributed by atoms with Crippen molar-refractivity contribution in [1.82, 2.24) is 9.88 Å². The van der Waals surface area contributed by atoms with Gasteiger partial charge in [-0.1, -0.05) is 0 Å². The van der Waals surface area contributed by atoms with Crippen molar-refractivity contribution in [3.63, 3.8) is 0 Å². The van der Waals surface area contributed by atoms with Gasteiger partial charge in [-0.2, -0.15) is 0 Å². The summed E-state index contributed by atoms with van der Waals surface area (Å²) >= 11 is 1.89. The number of thioether (sulfide) groups is 1. The van der Waals surface area contributed by atoms with Crippen LogP contribution < -0.4 is 0 Å². The predicted molar refractivity (Wildman–Crippen MR) is 79.8 cm³/mol. The maximum atomic E-state index is 12.2. The lowest BCUT2D eigenvalue weighted by atomic mass is 9.92. The molecule has 21 heavy (non-hydrogen) atoms. The second-order valence-electron chi connectivity index (χ2n) is 5.68. The SMILES string of the molecule is O=C(CCF)N1CC2(CC(OCc3ccncc3)CS2)C1. The number of likely N-dealkylation sites (tertiary alicyclic amines) is 1. The Kier molecular flexibility index (Phi) is 4.45. The first-order chi connectivity index (χ1) is 10.2. The van der Waals surface area contributed by atoms with Gasteiger partial charge in [-0.15, -0.1) is 11.8 Å². The normalized spacial score (nSPS) is 23.3. The number of carbonyl (C=O) groups is 1. The fourth-order valence-corrected chi connectivity index (χ4v) is 4.44. The average Bonchev–Trinajstić information content (AvgIpc) is 2.89. The highest BCUT2D eigenvalue weighted by Gasteiger charge is 2.50. The number of carbonyl (C=O) groups excluding carboxylic acids is 1. The summed E-state index contributed by atoms with van der Waals surface area (Å²) in [6.45, 7) is 1.53. The molecule has 2 fully saturated rings. The molecule has 0 saturated carbocycles. The van der Waals surface area contributed by atoms with Gasteiger partial charge in [0, 0.05) is 31.2 Å². The molecule has 0 aliphatic carbocycles. The van der Waals surface area contributed by atoms with E-state index in [1.807, 2.05) is 23.9 Å². The van der Waals surface area contributed by atoms with Gasteiger partial charge in [-0.3, -0.25) is 14.2 Å². The Morgan fingerprint density at radius 2 is 2.24 bits per heavy atom. The molecule has 3 rings (SSSR count). The molecule has 4 nitrogen and oxygen atoms in total. The Hall–Kier alpha value is -1.14. The minimum Gasteiger partial charge on any atom is -0.373 e. The summed E-state index contributed by atoms with van der Waals surface area (Å²) in [6.07, 6.45) is 4.76. The molecule has 1 amide bonds. The van der Waals surface area contributed by atoms with Crippen LogP contribution in [-0.2, 0) is 16.1 Å². The molecule has 2 saturated heterocycles. The lowest BCUT2D eigenvalue weighted by Crippen LogP contribution is -2.60. The Bertz CT molecular complexity index is 494. The molecule has 2 aliphatic heterocycles. The van der Waals surface area contributed by atoms with Gasteiger partial charge in [-0.25, -0.2) is 0 Å². The van der Waals surface area contributed by atoms with Crippen molar-refractivity contribution in [2.45, 2.75) is 30.3 Å². The largest absolute Gasteiger partial charge is 0.373 e. The van der Waals surface area contributed by atoms with Gasteiger partial charge < -0.3 is 9.64 Å². The van der Waals surface area contributed by atoms with Crippen LogP contribution in [0.15, 0.2) is 24.5 Å². The Labute approximate surface area is 128 Å². The van der Waals surface area contributed by atoms with Crippen molar-refractivity contribution < 1.29 is 13.9 Å². The van der Waals surface area contributed by atoms with Crippen molar-refractivity contribution in [2.24, 2.45) is 0 Å². The van der Waals surface area contributed by atoms with Crippen molar-refractivity contribution in [2.75, 3.05) is 25.5 Å². The minimum atomic E-state index is -0.562. The molecule has 0 radical (unpaired) electrons. The van der Waals surface area contributed by atoms with Gasteiger partial charge >= 0.3 is 0 Å². The number of hydrogen-bond donors (Lipinski definition) is 0. The van der Waals surface area contributed by atoms with E-state index in [1.165, 1.54) is 0 Å². The van der Waals surface area contributed by atoms with Gasteiger partial charge in [0.15, 0.2) is 0 Å². The third-order valence-corrected chi connectivity index (χ3v) is 5.60. The van der Waals surface area contributed by atoms with Crippen LogP contribution in [0, 0.1) is 0 Å². The number of rotatable bonds is 5. The highest BCUT2D eigenvalue weighted by atomic mass is 32.2. The molecule has 1 aromatic rings. The van der Waals surface area contributed by atoms with Crippen molar-refractivity contribution >= 4 is 17.7 Å². The van der Waals surface area contributed by atoms with Crippen molar-refractivity contribution in [3.8, 4) is 0 Å². The van der Waals surface area contributed by atoms with Crippen molar-refractivity contribution in [3.05, 3.63) is 30.1 Å². The van der Waals surface area contributed by atoms with Gasteiger partial charge in [0.2, 0.25) is 5.91 Å². The Morgan fingerprint density at radius 3 is 2.95 bits per heavy atom. The molecule has 0 bridgehead atoms. The molecule has 2 aliphatic rings. The summed E-state index contributed by atoms with van der Waals surface area (Å²) < 4.78 is 18.3. The number of nitrogens with zero attached hydrogens (tertiary/aromatic N) is 2. The van der Waals surface area contributed by atoms with E-state index in [1.54, 1.807) is 17.3 Å². The molecular formula is C15H19FN2O2S. The summed E-state index contributed by atoms with van der Waals surface area (Å²) in [6, 6.07) is 3.91. The quantitative estimate of drug-likeness (QED) is 0.835. The van der Waals surface area contributed by atoms with E-state index in [0.717, 1.165) is 30.8 Å². The van der Waals surface area contributed by atoms with E-state index >= 15 is 0 Å². The highest BCUT2D eigenvalue weighted by Crippen LogP contribution is 2.46. The third-order valence-electron chi connectivity index (χ3n) is 4.03. The first-order valence-corrected chi connectivity index (χ1v) is 8.17. The predicted octanol–water partition coefficient (Wildman–Crippen LogP) is 2.04. The molecule has 0 N–H and O–H groups in total. The first-order valence-electron chi connectivity index (χ1n) is 7.19. The molecule has 114 valence electrons. The van der Waals surface area contributed by atoms with Gasteiger partial charge in [0.25, 0.3) is 0 Å². The zero-order valence-corrected chi connectivity index (χ0v) is 12.7. The number of pyridine rings is 1. The molecule has 1 unspecified atom stereocenters. The first kappa shape index (κ1) is 14.8. The van der Waals surface area contributed by atoms with Gasteiger partial charge in [0.1, 0.15) is 0 Å². The second kappa shape index (κ2) is 6.32. The second-order valence-corrected chi connectivity index (χ2v) is 7.16. The topological polar surface area (TPSA) is 42.4 Å². The monoisotopic (exact) mass is 310 g/mol. The Balaban J connectivity index is 1.43. The lowest BCUT2D eigenvalue weighted by Gasteiger charge is -2.47. The molecule has 1 atom stereocenters. The number of ether oxygens (including phenoxy) is 1. The zero-order valence-electron chi connectivity index (χ0n) is 11.8. The number of aromatic nitrogens is 1. The standard InChI is InChI=1S/C15H19FN2O2S/c16-4-1-14(19)18-10-15(11-18)7-13(9-21-15)20-8-12-2-5-17-6-3-12/h2-3,5-6,13H,1,4,7-11H2. The smallest absolute Gasteiger partial charge is 0.225 e. The van der Waals surface area contributed by atoms with Crippen LogP contribution in [0.3, 0.4) is 0 Å². The van der Waals surface area contributed by atoms with Crippen LogP contribution in [0.5, 0.6) is 0 Å². The third kappa shape index (κ3) is 3.37. The highest BCUT2D eigenvalue weighted by molar-refractivity contribution is 8.01. The summed E-state index contributed by atoms with van der Waals surface area (Å²) in [7, 11) is 0. The molecule has 1 spiro atoms. The van der Waals surface area contributed by atoms with Gasteiger partial charge in [0.05, 0.1) is 30.6 Å². The summed E-state index contributed by atoms with van der Waals surface area (Å²) in [5, 5.41) is 0. The molecule has 6 heteroatoms. The zero-order chi connectivity index (χ0) is 14.7.